The zero-order chi connectivity index (χ0) is 17.2. The molecule has 0 bridgehead atoms. The predicted molar refractivity (Wildman–Crippen MR) is 98.7 cm³/mol. The molecule has 2 aliphatic rings. The Morgan fingerprint density at radius 1 is 1.25 bits per heavy atom. The predicted octanol–water partition coefficient (Wildman–Crippen LogP) is 1.56. The second-order valence-corrected chi connectivity index (χ2v) is 6.62. The molecule has 0 aromatic heterocycles. The molecule has 0 aliphatic carbocycles. The normalized spacial score (nSPS) is 23.2. The van der Waals surface area contributed by atoms with Gasteiger partial charge in [-0.05, 0) is 38.8 Å². The van der Waals surface area contributed by atoms with Gasteiger partial charge in [-0.25, -0.2) is 0 Å². The summed E-state index contributed by atoms with van der Waals surface area (Å²) < 4.78 is 11.3. The fourth-order valence-electron chi connectivity index (χ4n) is 3.67. The van der Waals surface area contributed by atoms with Crippen LogP contribution >= 0.6 is 0 Å². The first-order valence-electron chi connectivity index (χ1n) is 9.67. The molecular formula is C18H36N4O2. The number of guanidine groups is 1. The van der Waals surface area contributed by atoms with E-state index in [0.29, 0.717) is 12.1 Å². The quantitative estimate of drug-likeness (QED) is 0.413. The van der Waals surface area contributed by atoms with Crippen molar-refractivity contribution < 1.29 is 9.47 Å². The molecule has 2 fully saturated rings. The summed E-state index contributed by atoms with van der Waals surface area (Å²) in [6.07, 6.45) is 4.72. The molecule has 2 aliphatic heterocycles. The lowest BCUT2D eigenvalue weighted by Gasteiger charge is -2.27. The van der Waals surface area contributed by atoms with Crippen LogP contribution in [0.15, 0.2) is 4.99 Å². The number of nitrogens with one attached hydrogen (secondary N) is 1. The molecule has 0 aromatic carbocycles. The smallest absolute Gasteiger partial charge is 0.193 e. The highest BCUT2D eigenvalue weighted by Crippen LogP contribution is 2.15. The lowest BCUT2D eigenvalue weighted by atomic mass is 10.1. The van der Waals surface area contributed by atoms with Crippen LogP contribution in [-0.2, 0) is 9.47 Å². The van der Waals surface area contributed by atoms with Gasteiger partial charge in [0.05, 0.1) is 6.10 Å². The maximum atomic E-state index is 5.92. The highest BCUT2D eigenvalue weighted by atomic mass is 16.5. The van der Waals surface area contributed by atoms with Gasteiger partial charge in [-0.3, -0.25) is 9.89 Å². The largest absolute Gasteiger partial charge is 0.381 e. The van der Waals surface area contributed by atoms with Gasteiger partial charge in [0.25, 0.3) is 0 Å². The lowest BCUT2D eigenvalue weighted by molar-refractivity contribution is -0.0320. The summed E-state index contributed by atoms with van der Waals surface area (Å²) >= 11 is 0. The van der Waals surface area contributed by atoms with Crippen LogP contribution in [0, 0.1) is 0 Å². The maximum absolute atomic E-state index is 5.92. The molecule has 140 valence electrons. The highest BCUT2D eigenvalue weighted by molar-refractivity contribution is 5.80. The minimum atomic E-state index is 0.395. The molecule has 1 atom stereocenters. The number of ether oxygens (including phenoxy) is 2. The Hall–Kier alpha value is -0.850. The van der Waals surface area contributed by atoms with Crippen molar-refractivity contribution in [1.82, 2.24) is 15.1 Å². The van der Waals surface area contributed by atoms with E-state index < -0.39 is 0 Å². The van der Waals surface area contributed by atoms with E-state index in [2.05, 4.69) is 34.0 Å². The first-order valence-corrected chi connectivity index (χ1v) is 9.67. The van der Waals surface area contributed by atoms with Crippen molar-refractivity contribution in [2.45, 2.75) is 51.7 Å². The van der Waals surface area contributed by atoms with Crippen LogP contribution in [-0.4, -0.2) is 87.5 Å². The standard InChI is InChI=1S/C18H36N4O2/c1-4-21(5-2)16-7-11-22(15-16)18(19-3)20-10-6-12-24-17-8-13-23-14-9-17/h16-17H,4-15H2,1-3H3,(H,19,20). The molecule has 0 radical (unpaired) electrons. The zero-order valence-electron chi connectivity index (χ0n) is 15.8. The molecule has 0 spiro atoms. The first kappa shape index (κ1) is 19.5. The summed E-state index contributed by atoms with van der Waals surface area (Å²) in [6.45, 7) is 12.4. The fraction of sp³-hybridized carbons (Fsp3) is 0.944. The molecule has 2 heterocycles. The molecule has 0 amide bonds. The van der Waals surface area contributed by atoms with Crippen molar-refractivity contribution in [2.75, 3.05) is 59.6 Å². The van der Waals surface area contributed by atoms with E-state index in [4.69, 9.17) is 9.47 Å². The summed E-state index contributed by atoms with van der Waals surface area (Å²) in [6, 6.07) is 0.662. The Labute approximate surface area is 147 Å². The van der Waals surface area contributed by atoms with Gasteiger partial charge in [-0.15, -0.1) is 0 Å². The second kappa shape index (κ2) is 10.9. The van der Waals surface area contributed by atoms with Crippen molar-refractivity contribution in [3.8, 4) is 0 Å². The van der Waals surface area contributed by atoms with E-state index in [1.165, 1.54) is 6.42 Å². The summed E-state index contributed by atoms with van der Waals surface area (Å²) in [7, 11) is 1.88. The summed E-state index contributed by atoms with van der Waals surface area (Å²) in [5, 5.41) is 3.50. The number of nitrogens with zero attached hydrogens (tertiary/aromatic N) is 3. The average molecular weight is 341 g/mol. The Kier molecular flexibility index (Phi) is 8.84. The van der Waals surface area contributed by atoms with Crippen molar-refractivity contribution in [3.63, 3.8) is 0 Å². The van der Waals surface area contributed by atoms with E-state index >= 15 is 0 Å². The van der Waals surface area contributed by atoms with Gasteiger partial charge in [-0.2, -0.15) is 0 Å². The minimum Gasteiger partial charge on any atom is -0.381 e. The molecule has 1 unspecified atom stereocenters. The Morgan fingerprint density at radius 2 is 2.00 bits per heavy atom. The van der Waals surface area contributed by atoms with Crippen LogP contribution in [0.25, 0.3) is 0 Å². The van der Waals surface area contributed by atoms with Gasteiger partial charge in [0.15, 0.2) is 5.96 Å². The van der Waals surface area contributed by atoms with Gasteiger partial charge >= 0.3 is 0 Å². The van der Waals surface area contributed by atoms with E-state index in [-0.39, 0.29) is 0 Å². The van der Waals surface area contributed by atoms with Crippen LogP contribution < -0.4 is 5.32 Å². The van der Waals surface area contributed by atoms with Gasteiger partial charge in [0, 0.05) is 52.5 Å². The number of likely N-dealkylation sites (tertiary alicyclic amines) is 1. The third kappa shape index (κ3) is 5.90. The van der Waals surface area contributed by atoms with Crippen LogP contribution in [0.5, 0.6) is 0 Å². The Bertz CT molecular complexity index is 368. The number of likely N-dealkylation sites (N-methyl/N-ethyl adjacent to an activating group) is 1. The van der Waals surface area contributed by atoms with Gasteiger partial charge in [-0.1, -0.05) is 13.8 Å². The van der Waals surface area contributed by atoms with Crippen LogP contribution in [0.2, 0.25) is 0 Å². The number of rotatable bonds is 8. The summed E-state index contributed by atoms with van der Waals surface area (Å²) in [5.41, 5.74) is 0. The highest BCUT2D eigenvalue weighted by Gasteiger charge is 2.27. The summed E-state index contributed by atoms with van der Waals surface area (Å²) in [5.74, 6) is 1.04. The molecule has 6 nitrogen and oxygen atoms in total. The maximum Gasteiger partial charge on any atom is 0.193 e. The molecular weight excluding hydrogens is 304 g/mol. The molecule has 6 heteroatoms. The zero-order valence-corrected chi connectivity index (χ0v) is 15.8. The average Bonchev–Trinajstić information content (AvgIpc) is 3.10. The molecule has 0 saturated carbocycles. The van der Waals surface area contributed by atoms with Gasteiger partial charge < -0.3 is 19.7 Å². The molecule has 0 aromatic rings. The molecule has 2 saturated heterocycles. The Balaban J connectivity index is 1.62. The third-order valence-electron chi connectivity index (χ3n) is 5.13. The van der Waals surface area contributed by atoms with Crippen molar-refractivity contribution in [3.05, 3.63) is 0 Å². The van der Waals surface area contributed by atoms with E-state index in [9.17, 15) is 0 Å². The van der Waals surface area contributed by atoms with E-state index in [1.54, 1.807) is 0 Å². The molecule has 1 N–H and O–H groups in total. The Morgan fingerprint density at radius 3 is 2.67 bits per heavy atom. The van der Waals surface area contributed by atoms with Crippen molar-refractivity contribution in [1.29, 1.82) is 0 Å². The van der Waals surface area contributed by atoms with Gasteiger partial charge in [0.1, 0.15) is 0 Å². The third-order valence-corrected chi connectivity index (χ3v) is 5.13. The molecule has 24 heavy (non-hydrogen) atoms. The molecule has 2 rings (SSSR count). The number of aliphatic imine (C=N–C) groups is 1. The first-order chi connectivity index (χ1) is 11.8. The van der Waals surface area contributed by atoms with Crippen LogP contribution in [0.4, 0.5) is 0 Å². The van der Waals surface area contributed by atoms with E-state index in [1.807, 2.05) is 7.05 Å². The van der Waals surface area contributed by atoms with Crippen molar-refractivity contribution in [2.24, 2.45) is 4.99 Å². The lowest BCUT2D eigenvalue weighted by Crippen LogP contribution is -2.43. The fourth-order valence-corrected chi connectivity index (χ4v) is 3.67. The minimum absolute atomic E-state index is 0.395. The monoisotopic (exact) mass is 340 g/mol. The topological polar surface area (TPSA) is 49.3 Å². The SMILES string of the molecule is CCN(CC)C1CCN(C(=NC)NCCCOC2CCOCC2)C1. The van der Waals surface area contributed by atoms with Crippen LogP contribution in [0.1, 0.15) is 39.5 Å². The summed E-state index contributed by atoms with van der Waals surface area (Å²) in [4.78, 5) is 9.40. The second-order valence-electron chi connectivity index (χ2n) is 6.62. The van der Waals surface area contributed by atoms with Crippen molar-refractivity contribution >= 4 is 5.96 Å². The number of hydrogen-bond acceptors (Lipinski definition) is 4. The van der Waals surface area contributed by atoms with Gasteiger partial charge in [0.2, 0.25) is 0 Å². The number of hydrogen-bond donors (Lipinski definition) is 1. The van der Waals surface area contributed by atoms with Crippen LogP contribution in [0.3, 0.4) is 0 Å². The van der Waals surface area contributed by atoms with E-state index in [0.717, 1.165) is 77.8 Å².